The van der Waals surface area contributed by atoms with Crippen LogP contribution in [0.5, 0.6) is 11.5 Å². The fourth-order valence-electron chi connectivity index (χ4n) is 2.09. The van der Waals surface area contributed by atoms with Crippen molar-refractivity contribution in [3.63, 3.8) is 0 Å². The monoisotopic (exact) mass is 275 g/mol. The molecular formula is C14H17N3O3. The number of hydrogen-bond acceptors (Lipinski definition) is 6. The molecule has 0 fully saturated rings. The van der Waals surface area contributed by atoms with Crippen LogP contribution in [0.2, 0.25) is 0 Å². The van der Waals surface area contributed by atoms with Gasteiger partial charge in [0.15, 0.2) is 17.6 Å². The summed E-state index contributed by atoms with van der Waals surface area (Å²) in [4.78, 5) is 4.38. The Kier molecular flexibility index (Phi) is 3.56. The summed E-state index contributed by atoms with van der Waals surface area (Å²) in [7, 11) is 0. The lowest BCUT2D eigenvalue weighted by Gasteiger charge is -2.24. The minimum atomic E-state index is -0.337. The Morgan fingerprint density at radius 2 is 2.15 bits per heavy atom. The topological polar surface area (TPSA) is 69.4 Å². The first kappa shape index (κ1) is 12.9. The van der Waals surface area contributed by atoms with Crippen molar-refractivity contribution in [2.45, 2.75) is 26.0 Å². The fourth-order valence-corrected chi connectivity index (χ4v) is 2.09. The van der Waals surface area contributed by atoms with Gasteiger partial charge in [-0.25, -0.2) is 0 Å². The first-order chi connectivity index (χ1) is 9.78. The van der Waals surface area contributed by atoms with Crippen molar-refractivity contribution in [1.29, 1.82) is 0 Å². The third-order valence-electron chi connectivity index (χ3n) is 3.13. The average molecular weight is 275 g/mol. The highest BCUT2D eigenvalue weighted by atomic mass is 16.6. The van der Waals surface area contributed by atoms with Gasteiger partial charge in [0, 0.05) is 0 Å². The number of nitrogens with one attached hydrogen (secondary N) is 1. The zero-order valence-electron chi connectivity index (χ0n) is 11.5. The second-order valence-electron chi connectivity index (χ2n) is 4.63. The molecule has 2 heterocycles. The van der Waals surface area contributed by atoms with E-state index in [2.05, 4.69) is 15.5 Å². The number of hydrogen-bond donors (Lipinski definition) is 1. The maximum Gasteiger partial charge on any atom is 0.243 e. The van der Waals surface area contributed by atoms with Gasteiger partial charge < -0.3 is 19.3 Å². The summed E-state index contributed by atoms with van der Waals surface area (Å²) in [6, 6.07) is 7.58. The van der Waals surface area contributed by atoms with Crippen LogP contribution in [0.3, 0.4) is 0 Å². The van der Waals surface area contributed by atoms with Crippen molar-refractivity contribution >= 4 is 0 Å². The van der Waals surface area contributed by atoms with E-state index in [4.69, 9.17) is 14.0 Å². The lowest BCUT2D eigenvalue weighted by Crippen LogP contribution is -2.23. The molecule has 1 aliphatic heterocycles. The Balaban J connectivity index is 1.75. The molecule has 1 N–H and O–H groups in total. The van der Waals surface area contributed by atoms with Crippen molar-refractivity contribution in [2.24, 2.45) is 0 Å². The molecule has 106 valence electrons. The van der Waals surface area contributed by atoms with Crippen molar-refractivity contribution in [3.8, 4) is 11.5 Å². The van der Waals surface area contributed by atoms with E-state index in [9.17, 15) is 0 Å². The van der Waals surface area contributed by atoms with Crippen LogP contribution >= 0.6 is 0 Å². The number of aromatic nitrogens is 2. The van der Waals surface area contributed by atoms with Crippen LogP contribution in [0.1, 0.15) is 37.7 Å². The number of para-hydroxylation sites is 2. The van der Waals surface area contributed by atoms with Gasteiger partial charge >= 0.3 is 0 Å². The number of nitrogens with zero attached hydrogens (tertiary/aromatic N) is 2. The fraction of sp³-hybridized carbons (Fsp3) is 0.429. The van der Waals surface area contributed by atoms with Crippen LogP contribution in [0.15, 0.2) is 28.8 Å². The highest BCUT2D eigenvalue weighted by molar-refractivity contribution is 5.40. The van der Waals surface area contributed by atoms with Gasteiger partial charge in [-0.2, -0.15) is 4.98 Å². The van der Waals surface area contributed by atoms with Crippen molar-refractivity contribution in [3.05, 3.63) is 36.0 Å². The minimum absolute atomic E-state index is 0.0260. The molecule has 20 heavy (non-hydrogen) atoms. The van der Waals surface area contributed by atoms with E-state index in [-0.39, 0.29) is 12.1 Å². The van der Waals surface area contributed by atoms with Gasteiger partial charge in [0.1, 0.15) is 6.61 Å². The summed E-state index contributed by atoms with van der Waals surface area (Å²) in [6.07, 6.45) is -0.337. The third kappa shape index (κ3) is 2.46. The van der Waals surface area contributed by atoms with Gasteiger partial charge in [-0.3, -0.25) is 0 Å². The van der Waals surface area contributed by atoms with Gasteiger partial charge in [-0.15, -0.1) is 0 Å². The molecule has 1 aromatic heterocycles. The summed E-state index contributed by atoms with van der Waals surface area (Å²) in [6.45, 7) is 5.23. The molecule has 0 aliphatic carbocycles. The Morgan fingerprint density at radius 1 is 1.35 bits per heavy atom. The zero-order chi connectivity index (χ0) is 13.9. The van der Waals surface area contributed by atoms with Crippen molar-refractivity contribution < 1.29 is 14.0 Å². The molecule has 0 bridgehead atoms. The maximum absolute atomic E-state index is 5.84. The normalized spacial score (nSPS) is 18.8. The molecule has 0 saturated heterocycles. The largest absolute Gasteiger partial charge is 0.485 e. The highest BCUT2D eigenvalue weighted by Crippen LogP contribution is 2.35. The van der Waals surface area contributed by atoms with E-state index in [0.717, 1.165) is 12.3 Å². The first-order valence-corrected chi connectivity index (χ1v) is 6.73. The molecule has 6 nitrogen and oxygen atoms in total. The summed E-state index contributed by atoms with van der Waals surface area (Å²) >= 11 is 0. The summed E-state index contributed by atoms with van der Waals surface area (Å²) < 4.78 is 16.7. The molecule has 2 aromatic rings. The van der Waals surface area contributed by atoms with Crippen molar-refractivity contribution in [2.75, 3.05) is 13.2 Å². The van der Waals surface area contributed by atoms with E-state index in [1.807, 2.05) is 38.1 Å². The number of ether oxygens (including phenoxy) is 2. The number of fused-ring (bicyclic) bond motifs is 1. The molecule has 0 amide bonds. The quantitative estimate of drug-likeness (QED) is 0.923. The summed E-state index contributed by atoms with van der Waals surface area (Å²) in [5, 5.41) is 7.21. The van der Waals surface area contributed by atoms with Crippen molar-refractivity contribution in [1.82, 2.24) is 15.5 Å². The van der Waals surface area contributed by atoms with E-state index in [1.165, 1.54) is 0 Å². The van der Waals surface area contributed by atoms with Gasteiger partial charge in [-0.1, -0.05) is 24.2 Å². The summed E-state index contributed by atoms with van der Waals surface area (Å²) in [5.41, 5.74) is 0. The van der Waals surface area contributed by atoms with Crippen LogP contribution in [0.25, 0.3) is 0 Å². The SMILES string of the molecule is CCNC(C)c1nc(C2COc3ccccc3O2)no1. The van der Waals surface area contributed by atoms with Gasteiger partial charge in [0.05, 0.1) is 6.04 Å². The number of benzene rings is 1. The maximum atomic E-state index is 5.84. The Morgan fingerprint density at radius 3 is 2.95 bits per heavy atom. The van der Waals surface area contributed by atoms with E-state index in [1.54, 1.807) is 0 Å². The summed E-state index contributed by atoms with van der Waals surface area (Å²) in [5.74, 6) is 2.52. The first-order valence-electron chi connectivity index (χ1n) is 6.73. The van der Waals surface area contributed by atoms with Crippen LogP contribution < -0.4 is 14.8 Å². The van der Waals surface area contributed by atoms with E-state index in [0.29, 0.717) is 24.1 Å². The molecule has 0 spiro atoms. The van der Waals surface area contributed by atoms with Gasteiger partial charge in [0.2, 0.25) is 11.7 Å². The van der Waals surface area contributed by atoms with E-state index < -0.39 is 0 Å². The molecule has 0 saturated carbocycles. The Bertz CT molecular complexity index is 585. The lowest BCUT2D eigenvalue weighted by molar-refractivity contribution is 0.0832. The molecular weight excluding hydrogens is 258 g/mol. The standard InChI is InChI=1S/C14H17N3O3/c1-3-15-9(2)14-16-13(17-20-14)12-8-18-10-6-4-5-7-11(10)19-12/h4-7,9,12,15H,3,8H2,1-2H3. The minimum Gasteiger partial charge on any atom is -0.485 e. The van der Waals surface area contributed by atoms with E-state index >= 15 is 0 Å². The van der Waals surface area contributed by atoms with Gasteiger partial charge in [0.25, 0.3) is 0 Å². The van der Waals surface area contributed by atoms with Crippen LogP contribution in [-0.2, 0) is 0 Å². The molecule has 1 aliphatic rings. The molecule has 2 atom stereocenters. The smallest absolute Gasteiger partial charge is 0.243 e. The second kappa shape index (κ2) is 5.50. The van der Waals surface area contributed by atoms with Gasteiger partial charge in [-0.05, 0) is 25.6 Å². The molecule has 6 heteroatoms. The molecule has 0 radical (unpaired) electrons. The number of rotatable bonds is 4. The third-order valence-corrected chi connectivity index (χ3v) is 3.13. The Hall–Kier alpha value is -2.08. The van der Waals surface area contributed by atoms with Crippen LogP contribution in [0.4, 0.5) is 0 Å². The Labute approximate surface area is 117 Å². The predicted molar refractivity (Wildman–Crippen MR) is 71.7 cm³/mol. The molecule has 1 aromatic carbocycles. The average Bonchev–Trinajstić information content (AvgIpc) is 2.97. The molecule has 3 rings (SSSR count). The van der Waals surface area contributed by atoms with Crippen LogP contribution in [0, 0.1) is 0 Å². The lowest BCUT2D eigenvalue weighted by atomic mass is 10.2. The highest BCUT2D eigenvalue weighted by Gasteiger charge is 2.27. The second-order valence-corrected chi connectivity index (χ2v) is 4.63. The predicted octanol–water partition coefficient (Wildman–Crippen LogP) is 2.25. The van der Waals surface area contributed by atoms with Crippen LogP contribution in [-0.4, -0.2) is 23.3 Å². The zero-order valence-corrected chi connectivity index (χ0v) is 11.5. The molecule has 2 unspecified atom stereocenters.